The molecular formula is C22H41IN4O2. The van der Waals surface area contributed by atoms with Crippen molar-refractivity contribution in [2.45, 2.75) is 52.7 Å². The number of methoxy groups -OCH3 is 1. The standard InChI is InChI=1S/C22H40N4O2.HI/c1-6-26(7-2)16-8-10-19(3)25-22(23-4)24-15-9-17-28-18-20-11-13-21(27-5)14-12-20;/h11-14,19H,6-10,15-18H2,1-5H3,(H2,23,24,25);1H. The average Bonchev–Trinajstić information content (AvgIpc) is 2.73. The van der Waals surface area contributed by atoms with E-state index in [4.69, 9.17) is 9.47 Å². The lowest BCUT2D eigenvalue weighted by Crippen LogP contribution is -2.43. The molecule has 0 heterocycles. The fourth-order valence-electron chi connectivity index (χ4n) is 2.95. The summed E-state index contributed by atoms with van der Waals surface area (Å²) >= 11 is 0. The highest BCUT2D eigenvalue weighted by Crippen LogP contribution is 2.11. The summed E-state index contributed by atoms with van der Waals surface area (Å²) in [7, 11) is 3.49. The van der Waals surface area contributed by atoms with Gasteiger partial charge in [-0.05, 0) is 63.5 Å². The van der Waals surface area contributed by atoms with Crippen LogP contribution in [0.1, 0.15) is 45.6 Å². The van der Waals surface area contributed by atoms with Gasteiger partial charge in [0.1, 0.15) is 5.75 Å². The maximum atomic E-state index is 5.74. The summed E-state index contributed by atoms with van der Waals surface area (Å²) in [4.78, 5) is 6.78. The Kier molecular flexibility index (Phi) is 17.1. The van der Waals surface area contributed by atoms with E-state index in [9.17, 15) is 0 Å². The van der Waals surface area contributed by atoms with Crippen LogP contribution in [0, 0.1) is 0 Å². The minimum Gasteiger partial charge on any atom is -0.497 e. The molecular weight excluding hydrogens is 479 g/mol. The van der Waals surface area contributed by atoms with Crippen LogP contribution in [0.2, 0.25) is 0 Å². The van der Waals surface area contributed by atoms with Gasteiger partial charge in [-0.15, -0.1) is 24.0 Å². The van der Waals surface area contributed by atoms with Crippen molar-refractivity contribution < 1.29 is 9.47 Å². The molecule has 0 bridgehead atoms. The van der Waals surface area contributed by atoms with Crippen LogP contribution in [-0.2, 0) is 11.3 Å². The van der Waals surface area contributed by atoms with E-state index in [0.29, 0.717) is 12.6 Å². The smallest absolute Gasteiger partial charge is 0.191 e. The molecule has 0 saturated carbocycles. The Morgan fingerprint density at radius 1 is 1.14 bits per heavy atom. The number of aliphatic imine (C=N–C) groups is 1. The maximum absolute atomic E-state index is 5.74. The fourth-order valence-corrected chi connectivity index (χ4v) is 2.95. The minimum atomic E-state index is 0. The number of benzene rings is 1. The SMILES string of the molecule is CCN(CC)CCCC(C)NC(=NC)NCCCOCc1ccc(OC)cc1.I. The van der Waals surface area contributed by atoms with E-state index in [1.54, 1.807) is 7.11 Å². The highest BCUT2D eigenvalue weighted by atomic mass is 127. The Labute approximate surface area is 194 Å². The van der Waals surface area contributed by atoms with E-state index in [1.807, 2.05) is 31.3 Å². The first-order valence-corrected chi connectivity index (χ1v) is 10.5. The van der Waals surface area contributed by atoms with Crippen molar-refractivity contribution in [2.75, 3.05) is 46.9 Å². The topological polar surface area (TPSA) is 58.1 Å². The zero-order valence-corrected chi connectivity index (χ0v) is 21.2. The Morgan fingerprint density at radius 2 is 1.83 bits per heavy atom. The molecule has 0 spiro atoms. The van der Waals surface area contributed by atoms with Crippen molar-refractivity contribution in [1.29, 1.82) is 0 Å². The first kappa shape index (κ1) is 27.9. The highest BCUT2D eigenvalue weighted by molar-refractivity contribution is 14.0. The van der Waals surface area contributed by atoms with E-state index in [2.05, 4.69) is 41.3 Å². The Balaban J connectivity index is 0.00000784. The monoisotopic (exact) mass is 520 g/mol. The van der Waals surface area contributed by atoms with E-state index in [-0.39, 0.29) is 24.0 Å². The first-order valence-electron chi connectivity index (χ1n) is 10.5. The normalized spacial score (nSPS) is 12.4. The minimum absolute atomic E-state index is 0. The Morgan fingerprint density at radius 3 is 2.41 bits per heavy atom. The van der Waals surface area contributed by atoms with Gasteiger partial charge < -0.3 is 25.0 Å². The van der Waals surface area contributed by atoms with Gasteiger partial charge in [0.25, 0.3) is 0 Å². The molecule has 0 aliphatic rings. The molecule has 0 aliphatic carbocycles. The van der Waals surface area contributed by atoms with Gasteiger partial charge in [0.05, 0.1) is 13.7 Å². The number of halogens is 1. The van der Waals surface area contributed by atoms with Crippen LogP contribution in [0.3, 0.4) is 0 Å². The van der Waals surface area contributed by atoms with Gasteiger partial charge in [-0.25, -0.2) is 0 Å². The van der Waals surface area contributed by atoms with E-state index < -0.39 is 0 Å². The third kappa shape index (κ3) is 13.0. The third-order valence-electron chi connectivity index (χ3n) is 4.80. The quantitative estimate of drug-likeness (QED) is 0.169. The molecule has 0 aromatic heterocycles. The Bertz CT molecular complexity index is 536. The van der Waals surface area contributed by atoms with Gasteiger partial charge in [-0.2, -0.15) is 0 Å². The fraction of sp³-hybridized carbons (Fsp3) is 0.682. The number of nitrogens with zero attached hydrogens (tertiary/aromatic N) is 2. The summed E-state index contributed by atoms with van der Waals surface area (Å²) in [6.07, 6.45) is 3.28. The van der Waals surface area contributed by atoms with Crippen LogP contribution in [-0.4, -0.2) is 63.8 Å². The van der Waals surface area contributed by atoms with Gasteiger partial charge in [0.15, 0.2) is 5.96 Å². The number of ether oxygens (including phenoxy) is 2. The summed E-state index contributed by atoms with van der Waals surface area (Å²) in [6, 6.07) is 8.39. The molecule has 1 aromatic carbocycles. The largest absolute Gasteiger partial charge is 0.497 e. The zero-order chi connectivity index (χ0) is 20.6. The first-order chi connectivity index (χ1) is 13.6. The van der Waals surface area contributed by atoms with Crippen LogP contribution in [0.4, 0.5) is 0 Å². The van der Waals surface area contributed by atoms with Crippen LogP contribution in [0.25, 0.3) is 0 Å². The third-order valence-corrected chi connectivity index (χ3v) is 4.80. The van der Waals surface area contributed by atoms with Gasteiger partial charge in [0, 0.05) is 26.2 Å². The summed E-state index contributed by atoms with van der Waals surface area (Å²) in [5.41, 5.74) is 1.16. The number of hydrogen-bond donors (Lipinski definition) is 2. The molecule has 1 atom stereocenters. The van der Waals surface area contributed by atoms with E-state index in [1.165, 1.54) is 6.42 Å². The van der Waals surface area contributed by atoms with Crippen molar-refractivity contribution in [3.05, 3.63) is 29.8 Å². The van der Waals surface area contributed by atoms with Crippen molar-refractivity contribution in [1.82, 2.24) is 15.5 Å². The summed E-state index contributed by atoms with van der Waals surface area (Å²) < 4.78 is 10.9. The second kappa shape index (κ2) is 17.8. The molecule has 1 rings (SSSR count). The molecule has 6 nitrogen and oxygen atoms in total. The summed E-state index contributed by atoms with van der Waals surface area (Å²) in [5, 5.41) is 6.84. The van der Waals surface area contributed by atoms with Gasteiger partial charge in [0.2, 0.25) is 0 Å². The van der Waals surface area contributed by atoms with Crippen LogP contribution in [0.5, 0.6) is 5.75 Å². The predicted molar refractivity (Wildman–Crippen MR) is 134 cm³/mol. The molecule has 168 valence electrons. The van der Waals surface area contributed by atoms with Crippen LogP contribution >= 0.6 is 24.0 Å². The van der Waals surface area contributed by atoms with Gasteiger partial charge in [-0.1, -0.05) is 26.0 Å². The summed E-state index contributed by atoms with van der Waals surface area (Å²) in [5.74, 6) is 1.74. The summed E-state index contributed by atoms with van der Waals surface area (Å²) in [6.45, 7) is 12.3. The van der Waals surface area contributed by atoms with Crippen LogP contribution < -0.4 is 15.4 Å². The molecule has 0 fully saturated rings. The van der Waals surface area contributed by atoms with Crippen molar-refractivity contribution >= 4 is 29.9 Å². The van der Waals surface area contributed by atoms with E-state index >= 15 is 0 Å². The van der Waals surface area contributed by atoms with Crippen LogP contribution in [0.15, 0.2) is 29.3 Å². The van der Waals surface area contributed by atoms with Crippen molar-refractivity contribution in [3.63, 3.8) is 0 Å². The lowest BCUT2D eigenvalue weighted by Gasteiger charge is -2.21. The number of nitrogens with one attached hydrogen (secondary N) is 2. The molecule has 0 radical (unpaired) electrons. The molecule has 0 aliphatic heterocycles. The molecule has 29 heavy (non-hydrogen) atoms. The zero-order valence-electron chi connectivity index (χ0n) is 18.9. The van der Waals surface area contributed by atoms with Crippen molar-refractivity contribution in [3.8, 4) is 5.75 Å². The molecule has 2 N–H and O–H groups in total. The second-order valence-electron chi connectivity index (χ2n) is 6.97. The Hall–Kier alpha value is -1.06. The predicted octanol–water partition coefficient (Wildman–Crippen LogP) is 3.90. The molecule has 1 unspecified atom stereocenters. The second-order valence-corrected chi connectivity index (χ2v) is 6.97. The van der Waals surface area contributed by atoms with E-state index in [0.717, 1.165) is 62.9 Å². The lowest BCUT2D eigenvalue weighted by atomic mass is 10.2. The number of hydrogen-bond acceptors (Lipinski definition) is 4. The average molecular weight is 521 g/mol. The molecule has 0 saturated heterocycles. The number of guanidine groups is 1. The van der Waals surface area contributed by atoms with Gasteiger partial charge in [-0.3, -0.25) is 4.99 Å². The number of rotatable bonds is 14. The molecule has 1 aromatic rings. The van der Waals surface area contributed by atoms with Crippen molar-refractivity contribution in [2.24, 2.45) is 4.99 Å². The molecule has 7 heteroatoms. The van der Waals surface area contributed by atoms with Gasteiger partial charge >= 0.3 is 0 Å². The maximum Gasteiger partial charge on any atom is 0.191 e. The lowest BCUT2D eigenvalue weighted by molar-refractivity contribution is 0.119. The molecule has 0 amide bonds. The highest BCUT2D eigenvalue weighted by Gasteiger charge is 2.06.